The summed E-state index contributed by atoms with van der Waals surface area (Å²) in [6.07, 6.45) is 1.55. The van der Waals surface area contributed by atoms with Gasteiger partial charge >= 0.3 is 11.6 Å². The monoisotopic (exact) mass is 370 g/mol. The third-order valence-corrected chi connectivity index (χ3v) is 3.82. The average Bonchev–Trinajstić information content (AvgIpc) is 2.66. The van der Waals surface area contributed by atoms with E-state index < -0.39 is 30.0 Å². The largest absolute Gasteiger partial charge is 0.481 e. The smallest absolute Gasteiger partial charge is 0.346 e. The number of hydrogen-bond donors (Lipinski definition) is 3. The molecule has 0 bridgehead atoms. The van der Waals surface area contributed by atoms with Gasteiger partial charge in [-0.1, -0.05) is 6.07 Å². The molecule has 3 rings (SSSR count). The summed E-state index contributed by atoms with van der Waals surface area (Å²) in [5.74, 6) is -2.60. The SMILES string of the molecule is COc1ccc(-c2ccc3c(=O)oc(O)c(C(=O)NCC(=O)O)c3c2)cn1. The summed E-state index contributed by atoms with van der Waals surface area (Å²) >= 11 is 0. The van der Waals surface area contributed by atoms with Gasteiger partial charge in [-0.05, 0) is 23.8 Å². The maximum Gasteiger partial charge on any atom is 0.346 e. The van der Waals surface area contributed by atoms with Crippen LogP contribution in [0.4, 0.5) is 0 Å². The summed E-state index contributed by atoms with van der Waals surface area (Å²) in [4.78, 5) is 39.1. The molecule has 0 fully saturated rings. The number of aromatic nitrogens is 1. The minimum Gasteiger partial charge on any atom is -0.481 e. The Hall–Kier alpha value is -3.88. The maximum atomic E-state index is 12.3. The van der Waals surface area contributed by atoms with Gasteiger partial charge < -0.3 is 24.7 Å². The number of carboxylic acids is 1. The van der Waals surface area contributed by atoms with Gasteiger partial charge in [-0.3, -0.25) is 9.59 Å². The quantitative estimate of drug-likeness (QED) is 0.612. The fourth-order valence-electron chi connectivity index (χ4n) is 2.55. The Morgan fingerprint density at radius 1 is 1.19 bits per heavy atom. The number of nitrogens with one attached hydrogen (secondary N) is 1. The van der Waals surface area contributed by atoms with E-state index in [0.717, 1.165) is 0 Å². The van der Waals surface area contributed by atoms with E-state index in [-0.39, 0.29) is 16.3 Å². The Bertz CT molecular complexity index is 1090. The molecule has 2 aromatic heterocycles. The van der Waals surface area contributed by atoms with Gasteiger partial charge in [0.15, 0.2) is 0 Å². The number of nitrogens with zero attached hydrogens (tertiary/aromatic N) is 1. The highest BCUT2D eigenvalue weighted by Crippen LogP contribution is 2.29. The zero-order chi connectivity index (χ0) is 19.6. The first kappa shape index (κ1) is 17.9. The lowest BCUT2D eigenvalue weighted by Gasteiger charge is -2.09. The second-order valence-corrected chi connectivity index (χ2v) is 5.50. The molecule has 9 nitrogen and oxygen atoms in total. The molecule has 0 spiro atoms. The standard InChI is InChI=1S/C18H14N2O7/c1-26-13-5-3-10(7-19-13)9-2-4-11-12(6-9)15(18(25)27-17(11)24)16(23)20-8-14(21)22/h2-7,25H,8H2,1H3,(H,20,23)(H,21,22). The highest BCUT2D eigenvalue weighted by molar-refractivity contribution is 6.09. The first-order valence-electron chi connectivity index (χ1n) is 7.71. The van der Waals surface area contributed by atoms with E-state index in [0.29, 0.717) is 17.0 Å². The summed E-state index contributed by atoms with van der Waals surface area (Å²) in [5.41, 5.74) is 0.156. The van der Waals surface area contributed by atoms with E-state index in [1.165, 1.54) is 19.2 Å². The number of rotatable bonds is 5. The molecule has 2 heterocycles. The van der Waals surface area contributed by atoms with Crippen molar-refractivity contribution in [3.8, 4) is 23.0 Å². The number of carbonyl (C=O) groups is 2. The number of aliphatic carboxylic acids is 1. The van der Waals surface area contributed by atoms with Crippen molar-refractivity contribution in [2.75, 3.05) is 13.7 Å². The zero-order valence-corrected chi connectivity index (χ0v) is 14.1. The molecule has 0 saturated heterocycles. The second kappa shape index (κ2) is 7.16. The number of hydrogen-bond acceptors (Lipinski definition) is 7. The molecule has 3 aromatic rings. The first-order chi connectivity index (χ1) is 12.9. The Labute approximate surface area is 151 Å². The van der Waals surface area contributed by atoms with Crippen LogP contribution in [0, 0.1) is 0 Å². The van der Waals surface area contributed by atoms with Gasteiger partial charge in [-0.2, -0.15) is 0 Å². The Kier molecular flexibility index (Phi) is 4.75. The summed E-state index contributed by atoms with van der Waals surface area (Å²) in [6.45, 7) is -0.652. The molecule has 0 unspecified atom stereocenters. The number of benzene rings is 1. The van der Waals surface area contributed by atoms with Gasteiger partial charge in [0, 0.05) is 23.2 Å². The second-order valence-electron chi connectivity index (χ2n) is 5.50. The van der Waals surface area contributed by atoms with E-state index >= 15 is 0 Å². The zero-order valence-electron chi connectivity index (χ0n) is 14.1. The third kappa shape index (κ3) is 3.56. The van der Waals surface area contributed by atoms with Crippen LogP contribution in [-0.4, -0.2) is 40.7 Å². The highest BCUT2D eigenvalue weighted by atomic mass is 16.5. The van der Waals surface area contributed by atoms with E-state index in [1.54, 1.807) is 24.4 Å². The number of pyridine rings is 1. The van der Waals surface area contributed by atoms with Crippen LogP contribution < -0.4 is 15.7 Å². The predicted octanol–water partition coefficient (Wildman–Crippen LogP) is 1.38. The molecule has 0 aliphatic carbocycles. The van der Waals surface area contributed by atoms with Gasteiger partial charge in [0.1, 0.15) is 12.1 Å². The van der Waals surface area contributed by atoms with Crippen molar-refractivity contribution in [2.45, 2.75) is 0 Å². The number of fused-ring (bicyclic) bond motifs is 1. The molecule has 1 aromatic carbocycles. The van der Waals surface area contributed by atoms with Gasteiger partial charge in [-0.25, -0.2) is 9.78 Å². The minimum atomic E-state index is -1.26. The maximum absolute atomic E-state index is 12.3. The van der Waals surface area contributed by atoms with Crippen molar-refractivity contribution in [3.05, 3.63) is 52.5 Å². The Balaban J connectivity index is 2.15. The van der Waals surface area contributed by atoms with Crippen molar-refractivity contribution >= 4 is 22.6 Å². The molecule has 0 saturated carbocycles. The average molecular weight is 370 g/mol. The van der Waals surface area contributed by atoms with Crippen molar-refractivity contribution in [1.82, 2.24) is 10.3 Å². The third-order valence-electron chi connectivity index (χ3n) is 3.82. The van der Waals surface area contributed by atoms with E-state index in [2.05, 4.69) is 14.7 Å². The number of carbonyl (C=O) groups excluding carboxylic acids is 1. The Morgan fingerprint density at radius 3 is 2.56 bits per heavy atom. The van der Waals surface area contributed by atoms with Crippen LogP contribution in [-0.2, 0) is 4.79 Å². The van der Waals surface area contributed by atoms with Crippen LogP contribution in [0.3, 0.4) is 0 Å². The number of aromatic hydroxyl groups is 1. The molecule has 3 N–H and O–H groups in total. The molecule has 138 valence electrons. The molecule has 0 radical (unpaired) electrons. The topological polar surface area (TPSA) is 139 Å². The molecule has 0 atom stereocenters. The number of carboxylic acid groups (broad SMARTS) is 1. The molecule has 0 aliphatic rings. The van der Waals surface area contributed by atoms with Crippen molar-refractivity contribution in [3.63, 3.8) is 0 Å². The number of methoxy groups -OCH3 is 1. The molecular formula is C18H14N2O7. The van der Waals surface area contributed by atoms with Crippen molar-refractivity contribution < 1.29 is 29.0 Å². The first-order valence-corrected chi connectivity index (χ1v) is 7.71. The van der Waals surface area contributed by atoms with Crippen molar-refractivity contribution in [2.24, 2.45) is 0 Å². The molecular weight excluding hydrogens is 356 g/mol. The highest BCUT2D eigenvalue weighted by Gasteiger charge is 2.21. The van der Waals surface area contributed by atoms with E-state index in [9.17, 15) is 19.5 Å². The predicted molar refractivity (Wildman–Crippen MR) is 93.9 cm³/mol. The van der Waals surface area contributed by atoms with Crippen LogP contribution in [0.2, 0.25) is 0 Å². The Morgan fingerprint density at radius 2 is 1.93 bits per heavy atom. The van der Waals surface area contributed by atoms with E-state index in [4.69, 9.17) is 9.84 Å². The van der Waals surface area contributed by atoms with Crippen LogP contribution >= 0.6 is 0 Å². The van der Waals surface area contributed by atoms with Gasteiger partial charge in [-0.15, -0.1) is 0 Å². The minimum absolute atomic E-state index is 0.0681. The molecule has 0 aliphatic heterocycles. The van der Waals surface area contributed by atoms with Crippen LogP contribution in [0.25, 0.3) is 21.9 Å². The molecule has 9 heteroatoms. The van der Waals surface area contributed by atoms with Crippen LogP contribution in [0.5, 0.6) is 11.8 Å². The lowest BCUT2D eigenvalue weighted by atomic mass is 10.0. The fourth-order valence-corrected chi connectivity index (χ4v) is 2.55. The van der Waals surface area contributed by atoms with Gasteiger partial charge in [0.05, 0.1) is 12.5 Å². The van der Waals surface area contributed by atoms with Crippen LogP contribution in [0.1, 0.15) is 10.4 Å². The van der Waals surface area contributed by atoms with E-state index in [1.807, 2.05) is 0 Å². The van der Waals surface area contributed by atoms with Gasteiger partial charge in [0.2, 0.25) is 5.88 Å². The number of ether oxygens (including phenoxy) is 1. The molecule has 27 heavy (non-hydrogen) atoms. The fraction of sp³-hybridized carbons (Fsp3) is 0.111. The number of amides is 1. The summed E-state index contributed by atoms with van der Waals surface area (Å²) in [7, 11) is 1.49. The normalized spacial score (nSPS) is 10.6. The summed E-state index contributed by atoms with van der Waals surface area (Å²) < 4.78 is 9.69. The van der Waals surface area contributed by atoms with Crippen LogP contribution in [0.15, 0.2) is 45.7 Å². The molecule has 1 amide bonds. The summed E-state index contributed by atoms with van der Waals surface area (Å²) in [5, 5.41) is 21.0. The lowest BCUT2D eigenvalue weighted by molar-refractivity contribution is -0.135. The van der Waals surface area contributed by atoms with Crippen molar-refractivity contribution in [1.29, 1.82) is 0 Å². The lowest BCUT2D eigenvalue weighted by Crippen LogP contribution is -2.29. The summed E-state index contributed by atoms with van der Waals surface area (Å²) in [6, 6.07) is 8.00. The van der Waals surface area contributed by atoms with Gasteiger partial charge in [0.25, 0.3) is 11.9 Å².